The Morgan fingerprint density at radius 2 is 2.00 bits per heavy atom. The molecular weight excluding hydrogens is 273 g/mol. The van der Waals surface area contributed by atoms with Crippen LogP contribution in [0.15, 0.2) is 40.9 Å². The highest BCUT2D eigenvalue weighted by Gasteiger charge is 2.13. The highest BCUT2D eigenvalue weighted by Crippen LogP contribution is 2.28. The number of nitrogens with zero attached hydrogens (tertiary/aromatic N) is 2. The van der Waals surface area contributed by atoms with E-state index in [1.54, 1.807) is 25.1 Å². The van der Waals surface area contributed by atoms with Crippen LogP contribution in [-0.2, 0) is 0 Å². The van der Waals surface area contributed by atoms with E-state index in [0.29, 0.717) is 22.5 Å². The standard InChI is InChI=1S/C15H12FN3O2/c1-8-6-10(16)3-4-11(8)14-18-15(21-19-14)9-2-5-13(20)12(17)7-9/h2-7,20H,17H2,1H3. The zero-order valence-electron chi connectivity index (χ0n) is 11.2. The Balaban J connectivity index is 2.01. The van der Waals surface area contributed by atoms with Crippen LogP contribution in [0.1, 0.15) is 5.56 Å². The average molecular weight is 285 g/mol. The van der Waals surface area contributed by atoms with Crippen molar-refractivity contribution in [1.82, 2.24) is 10.1 Å². The van der Waals surface area contributed by atoms with E-state index < -0.39 is 0 Å². The van der Waals surface area contributed by atoms with Crippen LogP contribution in [0.4, 0.5) is 10.1 Å². The predicted octanol–water partition coefficient (Wildman–Crippen LogP) is 3.14. The fourth-order valence-corrected chi connectivity index (χ4v) is 2.02. The minimum Gasteiger partial charge on any atom is -0.506 e. The number of anilines is 1. The van der Waals surface area contributed by atoms with Crippen molar-refractivity contribution >= 4 is 5.69 Å². The van der Waals surface area contributed by atoms with Gasteiger partial charge in [0.2, 0.25) is 5.82 Å². The number of halogens is 1. The number of aromatic nitrogens is 2. The van der Waals surface area contributed by atoms with Crippen molar-refractivity contribution in [3.05, 3.63) is 47.8 Å². The van der Waals surface area contributed by atoms with Crippen LogP contribution in [0.25, 0.3) is 22.8 Å². The van der Waals surface area contributed by atoms with Gasteiger partial charge in [-0.1, -0.05) is 5.16 Å². The maximum atomic E-state index is 13.1. The molecule has 0 unspecified atom stereocenters. The lowest BCUT2D eigenvalue weighted by Crippen LogP contribution is -1.88. The second-order valence-corrected chi connectivity index (χ2v) is 4.66. The van der Waals surface area contributed by atoms with Crippen molar-refractivity contribution in [2.24, 2.45) is 0 Å². The molecule has 0 saturated carbocycles. The summed E-state index contributed by atoms with van der Waals surface area (Å²) in [4.78, 5) is 4.27. The van der Waals surface area contributed by atoms with E-state index in [9.17, 15) is 9.50 Å². The molecule has 106 valence electrons. The van der Waals surface area contributed by atoms with Gasteiger partial charge in [-0.2, -0.15) is 4.98 Å². The first-order valence-electron chi connectivity index (χ1n) is 6.23. The van der Waals surface area contributed by atoms with Gasteiger partial charge in [0.05, 0.1) is 5.69 Å². The summed E-state index contributed by atoms with van der Waals surface area (Å²) < 4.78 is 18.3. The van der Waals surface area contributed by atoms with Crippen molar-refractivity contribution in [3.8, 4) is 28.6 Å². The molecule has 3 rings (SSSR count). The van der Waals surface area contributed by atoms with Gasteiger partial charge in [-0.3, -0.25) is 0 Å². The molecule has 6 heteroatoms. The van der Waals surface area contributed by atoms with Crippen LogP contribution >= 0.6 is 0 Å². The van der Waals surface area contributed by atoms with Crippen molar-refractivity contribution in [2.75, 3.05) is 5.73 Å². The summed E-state index contributed by atoms with van der Waals surface area (Å²) >= 11 is 0. The molecule has 5 nitrogen and oxygen atoms in total. The number of aromatic hydroxyl groups is 1. The molecule has 3 aromatic rings. The molecule has 3 N–H and O–H groups in total. The molecule has 1 aromatic heterocycles. The van der Waals surface area contributed by atoms with E-state index in [1.165, 1.54) is 18.2 Å². The molecule has 0 bridgehead atoms. The zero-order chi connectivity index (χ0) is 15.0. The Labute approximate surface area is 119 Å². The van der Waals surface area contributed by atoms with E-state index >= 15 is 0 Å². The van der Waals surface area contributed by atoms with Gasteiger partial charge in [-0.25, -0.2) is 4.39 Å². The number of phenols is 1. The van der Waals surface area contributed by atoms with E-state index in [1.807, 2.05) is 0 Å². The quantitative estimate of drug-likeness (QED) is 0.558. The highest BCUT2D eigenvalue weighted by molar-refractivity contribution is 5.67. The van der Waals surface area contributed by atoms with Gasteiger partial charge in [0.25, 0.3) is 5.89 Å². The monoisotopic (exact) mass is 285 g/mol. The SMILES string of the molecule is Cc1cc(F)ccc1-c1noc(-c2ccc(O)c(N)c2)n1. The van der Waals surface area contributed by atoms with E-state index in [2.05, 4.69) is 10.1 Å². The van der Waals surface area contributed by atoms with Crippen molar-refractivity contribution < 1.29 is 14.0 Å². The molecule has 1 heterocycles. The number of aryl methyl sites for hydroxylation is 1. The summed E-state index contributed by atoms with van der Waals surface area (Å²) in [5.74, 6) is 0.328. The van der Waals surface area contributed by atoms with Crippen LogP contribution in [0, 0.1) is 12.7 Å². The second-order valence-electron chi connectivity index (χ2n) is 4.66. The fraction of sp³-hybridized carbons (Fsp3) is 0.0667. The number of phenolic OH excluding ortho intramolecular Hbond substituents is 1. The van der Waals surface area contributed by atoms with Gasteiger partial charge >= 0.3 is 0 Å². The summed E-state index contributed by atoms with van der Waals surface area (Å²) in [7, 11) is 0. The fourth-order valence-electron chi connectivity index (χ4n) is 2.02. The third-order valence-corrected chi connectivity index (χ3v) is 3.13. The predicted molar refractivity (Wildman–Crippen MR) is 75.9 cm³/mol. The number of hydrogen-bond donors (Lipinski definition) is 2. The summed E-state index contributed by atoms with van der Waals surface area (Å²) in [5, 5.41) is 13.3. The third kappa shape index (κ3) is 2.43. The number of nitrogen functional groups attached to an aromatic ring is 1. The summed E-state index contributed by atoms with van der Waals surface area (Å²) in [5.41, 5.74) is 7.87. The van der Waals surface area contributed by atoms with Crippen LogP contribution < -0.4 is 5.73 Å². The van der Waals surface area contributed by atoms with Gasteiger partial charge in [-0.15, -0.1) is 0 Å². The molecule has 21 heavy (non-hydrogen) atoms. The normalized spacial score (nSPS) is 10.8. The Morgan fingerprint density at radius 1 is 1.19 bits per heavy atom. The van der Waals surface area contributed by atoms with Gasteiger partial charge in [0.1, 0.15) is 11.6 Å². The smallest absolute Gasteiger partial charge is 0.258 e. The molecule has 0 radical (unpaired) electrons. The molecule has 0 amide bonds. The highest BCUT2D eigenvalue weighted by atomic mass is 19.1. The number of nitrogens with two attached hydrogens (primary N) is 1. The molecule has 0 aliphatic heterocycles. The minimum absolute atomic E-state index is 0.00660. The first-order chi connectivity index (χ1) is 10.0. The second kappa shape index (κ2) is 4.90. The Bertz CT molecular complexity index is 814. The van der Waals surface area contributed by atoms with Gasteiger partial charge in [0.15, 0.2) is 0 Å². The third-order valence-electron chi connectivity index (χ3n) is 3.13. The summed E-state index contributed by atoms with van der Waals surface area (Å²) in [6, 6.07) is 8.98. The van der Waals surface area contributed by atoms with Crippen molar-refractivity contribution in [1.29, 1.82) is 0 Å². The van der Waals surface area contributed by atoms with Crippen LogP contribution in [0.5, 0.6) is 5.75 Å². The van der Waals surface area contributed by atoms with Crippen molar-refractivity contribution in [3.63, 3.8) is 0 Å². The van der Waals surface area contributed by atoms with Crippen LogP contribution in [0.3, 0.4) is 0 Å². The lowest BCUT2D eigenvalue weighted by molar-refractivity contribution is 0.432. The van der Waals surface area contributed by atoms with E-state index in [0.717, 1.165) is 0 Å². The van der Waals surface area contributed by atoms with Gasteiger partial charge in [0, 0.05) is 11.1 Å². The number of hydrogen-bond acceptors (Lipinski definition) is 5. The molecule has 0 fully saturated rings. The van der Waals surface area contributed by atoms with E-state index in [-0.39, 0.29) is 23.1 Å². The zero-order valence-corrected chi connectivity index (χ0v) is 11.2. The maximum absolute atomic E-state index is 13.1. The minimum atomic E-state index is -0.314. The largest absolute Gasteiger partial charge is 0.506 e. The van der Waals surface area contributed by atoms with Crippen LogP contribution in [-0.4, -0.2) is 15.2 Å². The molecule has 2 aromatic carbocycles. The van der Waals surface area contributed by atoms with Gasteiger partial charge < -0.3 is 15.4 Å². The van der Waals surface area contributed by atoms with Crippen LogP contribution in [0.2, 0.25) is 0 Å². The van der Waals surface area contributed by atoms with Gasteiger partial charge in [-0.05, 0) is 48.9 Å². The summed E-state index contributed by atoms with van der Waals surface area (Å²) in [6.45, 7) is 1.77. The molecule has 0 atom stereocenters. The Kier molecular flexibility index (Phi) is 3.06. The lowest BCUT2D eigenvalue weighted by atomic mass is 10.1. The summed E-state index contributed by atoms with van der Waals surface area (Å²) in [6.07, 6.45) is 0. The van der Waals surface area contributed by atoms with Crippen molar-refractivity contribution in [2.45, 2.75) is 6.92 Å². The average Bonchev–Trinajstić information content (AvgIpc) is 2.91. The molecule has 0 aliphatic rings. The molecular formula is C15H12FN3O2. The Morgan fingerprint density at radius 3 is 2.71 bits per heavy atom. The number of rotatable bonds is 2. The topological polar surface area (TPSA) is 85.2 Å². The molecule has 0 saturated heterocycles. The number of benzene rings is 2. The molecule has 0 spiro atoms. The Hall–Kier alpha value is -2.89. The lowest BCUT2D eigenvalue weighted by Gasteiger charge is -2.00. The molecule has 0 aliphatic carbocycles. The maximum Gasteiger partial charge on any atom is 0.258 e. The first-order valence-corrected chi connectivity index (χ1v) is 6.23. The first kappa shape index (κ1) is 13.1. The van der Waals surface area contributed by atoms with E-state index in [4.69, 9.17) is 10.3 Å².